The van der Waals surface area contributed by atoms with Gasteiger partial charge in [0.2, 0.25) is 0 Å². The lowest BCUT2D eigenvalue weighted by atomic mass is 10.1. The third-order valence-electron chi connectivity index (χ3n) is 3.44. The van der Waals surface area contributed by atoms with Crippen LogP contribution < -0.4 is 4.90 Å². The lowest BCUT2D eigenvalue weighted by Gasteiger charge is -2.41. The second-order valence-corrected chi connectivity index (χ2v) is 6.45. The van der Waals surface area contributed by atoms with Gasteiger partial charge in [-0.25, -0.2) is 9.18 Å². The molecule has 0 aromatic heterocycles. The maximum Gasteiger partial charge on any atom is 0.410 e. The first-order valence-corrected chi connectivity index (χ1v) is 7.26. The first-order valence-electron chi connectivity index (χ1n) is 7.26. The molecule has 0 aliphatic carbocycles. The van der Waals surface area contributed by atoms with Crippen molar-refractivity contribution in [1.82, 2.24) is 4.90 Å². The summed E-state index contributed by atoms with van der Waals surface area (Å²) in [5.41, 5.74) is 0.502. The molecule has 21 heavy (non-hydrogen) atoms. The highest BCUT2D eigenvalue weighted by atomic mass is 19.1. The van der Waals surface area contributed by atoms with E-state index in [4.69, 9.17) is 4.74 Å². The SMILES string of the molecule is C[C@H]1CN(C(=O)OC(C)(C)C)CCN1c1ccc(F)cc1. The average molecular weight is 294 g/mol. The molecule has 1 saturated heterocycles. The van der Waals surface area contributed by atoms with Gasteiger partial charge < -0.3 is 14.5 Å². The largest absolute Gasteiger partial charge is 0.444 e. The molecule has 1 aromatic rings. The van der Waals surface area contributed by atoms with Gasteiger partial charge in [-0.05, 0) is 52.0 Å². The Morgan fingerprint density at radius 3 is 2.38 bits per heavy atom. The summed E-state index contributed by atoms with van der Waals surface area (Å²) in [5.74, 6) is -0.237. The Kier molecular flexibility index (Phi) is 4.40. The van der Waals surface area contributed by atoms with Crippen LogP contribution in [0.15, 0.2) is 24.3 Å². The third-order valence-corrected chi connectivity index (χ3v) is 3.44. The van der Waals surface area contributed by atoms with Crippen LogP contribution >= 0.6 is 0 Å². The smallest absolute Gasteiger partial charge is 0.410 e. The Labute approximate surface area is 125 Å². The molecule has 1 heterocycles. The molecule has 1 fully saturated rings. The molecule has 2 rings (SSSR count). The Morgan fingerprint density at radius 1 is 1.24 bits per heavy atom. The van der Waals surface area contributed by atoms with Crippen molar-refractivity contribution in [3.8, 4) is 0 Å². The zero-order valence-electron chi connectivity index (χ0n) is 13.1. The molecule has 1 aliphatic heterocycles. The highest BCUT2D eigenvalue weighted by Crippen LogP contribution is 2.22. The zero-order valence-corrected chi connectivity index (χ0v) is 13.1. The standard InChI is InChI=1S/C16H23FN2O2/c1-12-11-18(15(20)21-16(2,3)4)9-10-19(12)14-7-5-13(17)6-8-14/h5-8,12H,9-11H2,1-4H3/t12-/m0/s1. The molecule has 1 aliphatic rings. The van der Waals surface area contributed by atoms with Crippen LogP contribution in [0.1, 0.15) is 27.7 Å². The molecule has 4 nitrogen and oxygen atoms in total. The number of ether oxygens (including phenoxy) is 1. The van der Waals surface area contributed by atoms with Gasteiger partial charge in [-0.2, -0.15) is 0 Å². The molecular weight excluding hydrogens is 271 g/mol. The second kappa shape index (κ2) is 5.92. The van der Waals surface area contributed by atoms with E-state index in [2.05, 4.69) is 11.8 Å². The quantitative estimate of drug-likeness (QED) is 0.797. The molecule has 1 atom stereocenters. The van der Waals surface area contributed by atoms with Crippen LogP contribution in [0.25, 0.3) is 0 Å². The normalized spacial score (nSPS) is 19.6. The fourth-order valence-corrected chi connectivity index (χ4v) is 2.47. The molecule has 0 radical (unpaired) electrons. The van der Waals surface area contributed by atoms with Crippen LogP contribution in [0.3, 0.4) is 0 Å². The van der Waals surface area contributed by atoms with Crippen LogP contribution in [0, 0.1) is 5.82 Å². The number of benzene rings is 1. The van der Waals surface area contributed by atoms with E-state index in [1.807, 2.05) is 20.8 Å². The van der Waals surface area contributed by atoms with Crippen LogP contribution in [0.5, 0.6) is 0 Å². The molecule has 116 valence electrons. The third kappa shape index (κ3) is 4.09. The van der Waals surface area contributed by atoms with Crippen molar-refractivity contribution in [2.45, 2.75) is 39.3 Å². The minimum absolute atomic E-state index is 0.164. The molecule has 0 saturated carbocycles. The first-order chi connectivity index (χ1) is 9.76. The summed E-state index contributed by atoms with van der Waals surface area (Å²) in [4.78, 5) is 16.0. The van der Waals surface area contributed by atoms with Crippen LogP contribution in [-0.4, -0.2) is 42.3 Å². The lowest BCUT2D eigenvalue weighted by Crippen LogP contribution is -2.54. The fraction of sp³-hybridized carbons (Fsp3) is 0.562. The minimum Gasteiger partial charge on any atom is -0.444 e. The number of amides is 1. The number of halogens is 1. The maximum absolute atomic E-state index is 13.0. The predicted octanol–water partition coefficient (Wildman–Crippen LogP) is 3.27. The van der Waals surface area contributed by atoms with E-state index in [1.165, 1.54) is 12.1 Å². The number of carbonyl (C=O) groups is 1. The summed E-state index contributed by atoms with van der Waals surface area (Å²) < 4.78 is 18.4. The molecule has 0 spiro atoms. The minimum atomic E-state index is -0.478. The van der Waals surface area contributed by atoms with E-state index in [0.717, 1.165) is 5.69 Å². The van der Waals surface area contributed by atoms with Crippen LogP contribution in [0.4, 0.5) is 14.9 Å². The molecule has 5 heteroatoms. The second-order valence-electron chi connectivity index (χ2n) is 6.45. The Bertz CT molecular complexity index is 496. The van der Waals surface area contributed by atoms with Crippen LogP contribution in [0.2, 0.25) is 0 Å². The summed E-state index contributed by atoms with van der Waals surface area (Å²) in [6.07, 6.45) is -0.270. The van der Waals surface area contributed by atoms with Gasteiger partial charge in [0.1, 0.15) is 11.4 Å². The van der Waals surface area contributed by atoms with E-state index < -0.39 is 5.60 Å². The topological polar surface area (TPSA) is 32.8 Å². The van der Waals surface area contributed by atoms with E-state index >= 15 is 0 Å². The number of anilines is 1. The Hall–Kier alpha value is -1.78. The number of rotatable bonds is 1. The van der Waals surface area contributed by atoms with Crippen LogP contribution in [-0.2, 0) is 4.74 Å². The summed E-state index contributed by atoms with van der Waals surface area (Å²) in [7, 11) is 0. The van der Waals surface area contributed by atoms with E-state index in [9.17, 15) is 9.18 Å². The van der Waals surface area contributed by atoms with Crippen molar-refractivity contribution in [2.24, 2.45) is 0 Å². The summed E-state index contributed by atoms with van der Waals surface area (Å²) >= 11 is 0. The molecule has 0 unspecified atom stereocenters. The number of carbonyl (C=O) groups excluding carboxylic acids is 1. The predicted molar refractivity (Wildman–Crippen MR) is 81.0 cm³/mol. The van der Waals surface area contributed by atoms with Gasteiger partial charge in [-0.1, -0.05) is 0 Å². The number of hydrogen-bond acceptors (Lipinski definition) is 3. The zero-order chi connectivity index (χ0) is 15.6. The van der Waals surface area contributed by atoms with Crippen molar-refractivity contribution in [1.29, 1.82) is 0 Å². The lowest BCUT2D eigenvalue weighted by molar-refractivity contribution is 0.0219. The molecule has 1 aromatic carbocycles. The van der Waals surface area contributed by atoms with Crippen molar-refractivity contribution in [3.05, 3.63) is 30.1 Å². The summed E-state index contributed by atoms with van der Waals surface area (Å²) in [5, 5.41) is 0. The number of nitrogens with zero attached hydrogens (tertiary/aromatic N) is 2. The maximum atomic E-state index is 13.0. The molecule has 1 amide bonds. The highest BCUT2D eigenvalue weighted by Gasteiger charge is 2.29. The highest BCUT2D eigenvalue weighted by molar-refractivity contribution is 5.68. The van der Waals surface area contributed by atoms with Gasteiger partial charge >= 0.3 is 6.09 Å². The van der Waals surface area contributed by atoms with Crippen molar-refractivity contribution in [2.75, 3.05) is 24.5 Å². The van der Waals surface area contributed by atoms with Gasteiger partial charge in [0.15, 0.2) is 0 Å². The summed E-state index contributed by atoms with van der Waals surface area (Å²) in [6, 6.07) is 6.63. The Balaban J connectivity index is 1.99. The van der Waals surface area contributed by atoms with E-state index in [0.29, 0.717) is 19.6 Å². The summed E-state index contributed by atoms with van der Waals surface area (Å²) in [6.45, 7) is 9.57. The number of piperazine rings is 1. The molecular formula is C16H23FN2O2. The van der Waals surface area contributed by atoms with Crippen molar-refractivity contribution >= 4 is 11.8 Å². The first kappa shape index (κ1) is 15.6. The molecule has 0 N–H and O–H groups in total. The van der Waals surface area contributed by atoms with Gasteiger partial charge in [0, 0.05) is 31.4 Å². The van der Waals surface area contributed by atoms with E-state index in [-0.39, 0.29) is 18.0 Å². The van der Waals surface area contributed by atoms with E-state index in [1.54, 1.807) is 17.0 Å². The average Bonchev–Trinajstić information content (AvgIpc) is 2.38. The fourth-order valence-electron chi connectivity index (χ4n) is 2.47. The van der Waals surface area contributed by atoms with Crippen molar-refractivity contribution < 1.29 is 13.9 Å². The van der Waals surface area contributed by atoms with Gasteiger partial charge in [0.25, 0.3) is 0 Å². The molecule has 0 bridgehead atoms. The number of hydrogen-bond donors (Lipinski definition) is 0. The monoisotopic (exact) mass is 294 g/mol. The van der Waals surface area contributed by atoms with Gasteiger partial charge in [-0.15, -0.1) is 0 Å². The van der Waals surface area contributed by atoms with Gasteiger partial charge in [-0.3, -0.25) is 0 Å². The Morgan fingerprint density at radius 2 is 1.86 bits per heavy atom. The van der Waals surface area contributed by atoms with Gasteiger partial charge in [0.05, 0.1) is 0 Å². The van der Waals surface area contributed by atoms with Crippen molar-refractivity contribution in [3.63, 3.8) is 0 Å².